The Kier molecular flexibility index (Phi) is 16.6. The molecule has 46 heavy (non-hydrogen) atoms. The molecule has 3 aromatic carbocycles. The van der Waals surface area contributed by atoms with Gasteiger partial charge in [0.25, 0.3) is 0 Å². The van der Waals surface area contributed by atoms with Crippen molar-refractivity contribution in [1.82, 2.24) is 14.5 Å². The molecule has 0 unspecified atom stereocenters. The van der Waals surface area contributed by atoms with Gasteiger partial charge in [-0.1, -0.05) is 112 Å². The Morgan fingerprint density at radius 1 is 0.848 bits per heavy atom. The zero-order valence-corrected chi connectivity index (χ0v) is 29.3. The first-order valence-electron chi connectivity index (χ1n) is 16.7. The number of imidazole rings is 1. The number of nitrogens with zero attached hydrogens (tertiary/aromatic N) is 2. The van der Waals surface area contributed by atoms with E-state index < -0.39 is 0 Å². The van der Waals surface area contributed by atoms with Crippen LogP contribution in [-0.2, 0) is 37.0 Å². The Bertz CT molecular complexity index is 1540. The van der Waals surface area contributed by atoms with E-state index in [9.17, 15) is 0 Å². The summed E-state index contributed by atoms with van der Waals surface area (Å²) < 4.78 is 2.43. The summed E-state index contributed by atoms with van der Waals surface area (Å²) in [6, 6.07) is 27.9. The van der Waals surface area contributed by atoms with Crippen LogP contribution < -0.4 is 11.5 Å². The highest BCUT2D eigenvalue weighted by molar-refractivity contribution is 5.82. The maximum absolute atomic E-state index is 8.58. The molecule has 0 atom stereocenters. The molecular formula is C40H57N5O. The van der Waals surface area contributed by atoms with Crippen molar-refractivity contribution in [3.63, 3.8) is 0 Å². The van der Waals surface area contributed by atoms with Crippen molar-refractivity contribution in [1.29, 1.82) is 0 Å². The normalized spacial score (nSPS) is 10.6. The molecule has 1 amide bonds. The molecule has 2 aromatic heterocycles. The summed E-state index contributed by atoms with van der Waals surface area (Å²) in [7, 11) is 0. The number of hydrogen-bond acceptors (Lipinski definition) is 3. The summed E-state index contributed by atoms with van der Waals surface area (Å²) in [5.41, 5.74) is 19.4. The number of aromatic amines is 1. The van der Waals surface area contributed by atoms with E-state index >= 15 is 0 Å². The number of amides is 1. The van der Waals surface area contributed by atoms with Crippen LogP contribution in [0.2, 0.25) is 0 Å². The van der Waals surface area contributed by atoms with E-state index in [2.05, 4.69) is 137 Å². The first kappa shape index (κ1) is 38.0. The molecule has 5 rings (SSSR count). The monoisotopic (exact) mass is 623 g/mol. The number of benzene rings is 3. The van der Waals surface area contributed by atoms with Gasteiger partial charge < -0.3 is 21.0 Å². The Hall–Kier alpha value is -4.16. The molecule has 5 N–H and O–H groups in total. The SMILES string of the molecule is CCCC.CCc1nc(CC(C)(C)N)n(Cc2ccc(C)cc2)c1CCCc1ccccc1.Cc1c[nH]c2ccccc12.NC=O. The molecule has 248 valence electrons. The number of aromatic nitrogens is 3. The molecule has 2 heterocycles. The van der Waals surface area contributed by atoms with Crippen LogP contribution in [0.15, 0.2) is 85.1 Å². The number of aryl methyl sites for hydroxylation is 4. The van der Waals surface area contributed by atoms with Crippen LogP contribution in [0, 0.1) is 13.8 Å². The van der Waals surface area contributed by atoms with Gasteiger partial charge >= 0.3 is 0 Å². The zero-order valence-electron chi connectivity index (χ0n) is 29.3. The largest absolute Gasteiger partial charge is 0.372 e. The number of para-hydroxylation sites is 1. The molecule has 5 aromatic rings. The number of fused-ring (bicyclic) bond motifs is 1. The molecule has 6 heteroatoms. The fraction of sp³-hybridized carbons (Fsp3) is 0.400. The number of rotatable bonds is 10. The van der Waals surface area contributed by atoms with Crippen molar-refractivity contribution in [2.45, 2.75) is 105 Å². The fourth-order valence-electron chi connectivity index (χ4n) is 5.08. The second-order valence-corrected chi connectivity index (χ2v) is 12.5. The Labute approximate surface area is 277 Å². The van der Waals surface area contributed by atoms with E-state index in [1.807, 2.05) is 12.3 Å². The Morgan fingerprint density at radius 2 is 1.46 bits per heavy atom. The number of primary amides is 1. The maximum atomic E-state index is 8.58. The minimum atomic E-state index is -0.275. The molecule has 6 nitrogen and oxygen atoms in total. The predicted octanol–water partition coefficient (Wildman–Crippen LogP) is 8.64. The maximum Gasteiger partial charge on any atom is 0.204 e. The molecule has 0 aliphatic carbocycles. The number of H-pyrrole nitrogens is 1. The molecule has 0 aliphatic heterocycles. The third-order valence-corrected chi connectivity index (χ3v) is 7.66. The van der Waals surface area contributed by atoms with E-state index in [0.717, 1.165) is 44.5 Å². The number of unbranched alkanes of at least 4 members (excludes halogenated alkanes) is 1. The van der Waals surface area contributed by atoms with Gasteiger partial charge in [-0.3, -0.25) is 4.79 Å². The summed E-state index contributed by atoms with van der Waals surface area (Å²) in [6.07, 6.45) is 9.93. The molecule has 0 saturated carbocycles. The van der Waals surface area contributed by atoms with Crippen LogP contribution >= 0.6 is 0 Å². The van der Waals surface area contributed by atoms with Gasteiger partial charge in [-0.25, -0.2) is 4.98 Å². The molecule has 0 saturated heterocycles. The third-order valence-electron chi connectivity index (χ3n) is 7.66. The number of nitrogens with two attached hydrogens (primary N) is 2. The minimum absolute atomic E-state index is 0.250. The van der Waals surface area contributed by atoms with Crippen LogP contribution in [0.1, 0.15) is 93.3 Å². The van der Waals surface area contributed by atoms with Gasteiger partial charge in [-0.2, -0.15) is 0 Å². The summed E-state index contributed by atoms with van der Waals surface area (Å²) in [6.45, 7) is 15.8. The van der Waals surface area contributed by atoms with Gasteiger partial charge in [0.2, 0.25) is 6.41 Å². The lowest BCUT2D eigenvalue weighted by Gasteiger charge is -2.20. The average Bonchev–Trinajstić information content (AvgIpc) is 3.58. The van der Waals surface area contributed by atoms with E-state index in [4.69, 9.17) is 15.5 Å². The number of hydrogen-bond donors (Lipinski definition) is 3. The topological polar surface area (TPSA) is 103 Å². The quantitative estimate of drug-likeness (QED) is 0.136. The molecule has 0 spiro atoms. The molecule has 0 bridgehead atoms. The fourth-order valence-corrected chi connectivity index (χ4v) is 5.08. The highest BCUT2D eigenvalue weighted by Gasteiger charge is 2.21. The lowest BCUT2D eigenvalue weighted by atomic mass is 10.0. The molecule has 0 aliphatic rings. The van der Waals surface area contributed by atoms with E-state index in [0.29, 0.717) is 0 Å². The van der Waals surface area contributed by atoms with Crippen LogP contribution in [-0.4, -0.2) is 26.5 Å². The standard InChI is InChI=1S/C26H35N3.C9H9N.C4H10.CH3NO/c1-5-23-24(13-9-12-21-10-7-6-8-11-21)29(25(28-23)18-26(3,4)27)19-22-16-14-20(2)15-17-22;1-7-6-10-9-5-3-2-4-8(7)9;1-3-4-2;2-1-3/h6-8,10-11,14-17H,5,9,12-13,18-19,27H2,1-4H3;2-6,10H,1H3;3-4H2,1-2H3;1H,(H2,2,3). The van der Waals surface area contributed by atoms with Gasteiger partial charge in [0.15, 0.2) is 0 Å². The van der Waals surface area contributed by atoms with E-state index in [1.54, 1.807) is 0 Å². The van der Waals surface area contributed by atoms with Gasteiger partial charge in [0.05, 0.1) is 5.69 Å². The Morgan fingerprint density at radius 3 is 2.02 bits per heavy atom. The minimum Gasteiger partial charge on any atom is -0.372 e. The van der Waals surface area contributed by atoms with Crippen molar-refractivity contribution in [2.75, 3.05) is 0 Å². The van der Waals surface area contributed by atoms with Crippen molar-refractivity contribution < 1.29 is 4.79 Å². The number of carbonyl (C=O) groups is 1. The third kappa shape index (κ3) is 13.1. The number of nitrogens with one attached hydrogen (secondary N) is 1. The average molecular weight is 624 g/mol. The highest BCUT2D eigenvalue weighted by Crippen LogP contribution is 2.22. The van der Waals surface area contributed by atoms with E-state index in [-0.39, 0.29) is 11.9 Å². The van der Waals surface area contributed by atoms with Crippen molar-refractivity contribution in [3.8, 4) is 0 Å². The van der Waals surface area contributed by atoms with Crippen LogP contribution in [0.3, 0.4) is 0 Å². The van der Waals surface area contributed by atoms with Gasteiger partial charge in [-0.15, -0.1) is 0 Å². The van der Waals surface area contributed by atoms with E-state index in [1.165, 1.54) is 57.4 Å². The van der Waals surface area contributed by atoms with Crippen molar-refractivity contribution >= 4 is 17.3 Å². The van der Waals surface area contributed by atoms with Crippen LogP contribution in [0.4, 0.5) is 0 Å². The summed E-state index contributed by atoms with van der Waals surface area (Å²) in [5, 5.41) is 1.32. The lowest BCUT2D eigenvalue weighted by Crippen LogP contribution is -2.35. The lowest BCUT2D eigenvalue weighted by molar-refractivity contribution is -0.106. The Balaban J connectivity index is 0.000000352. The first-order chi connectivity index (χ1) is 22.1. The zero-order chi connectivity index (χ0) is 34.0. The van der Waals surface area contributed by atoms with Crippen molar-refractivity contribution in [2.24, 2.45) is 11.5 Å². The predicted molar refractivity (Wildman–Crippen MR) is 196 cm³/mol. The number of carbonyl (C=O) groups excluding carboxylic acids is 1. The summed E-state index contributed by atoms with van der Waals surface area (Å²) in [4.78, 5) is 16.8. The van der Waals surface area contributed by atoms with Gasteiger partial charge in [-0.05, 0) is 76.1 Å². The molecular weight excluding hydrogens is 566 g/mol. The summed E-state index contributed by atoms with van der Waals surface area (Å²) >= 11 is 0. The smallest absolute Gasteiger partial charge is 0.204 e. The molecule has 0 fully saturated rings. The van der Waals surface area contributed by atoms with Crippen LogP contribution in [0.5, 0.6) is 0 Å². The first-order valence-corrected chi connectivity index (χ1v) is 16.7. The second kappa shape index (κ2) is 20.1. The highest BCUT2D eigenvalue weighted by atomic mass is 16.1. The van der Waals surface area contributed by atoms with Crippen LogP contribution in [0.25, 0.3) is 10.9 Å². The summed E-state index contributed by atoms with van der Waals surface area (Å²) in [5.74, 6) is 1.12. The van der Waals surface area contributed by atoms with Crippen molar-refractivity contribution in [3.05, 3.63) is 125 Å². The second-order valence-electron chi connectivity index (χ2n) is 12.5. The van der Waals surface area contributed by atoms with Gasteiger partial charge in [0, 0.05) is 41.3 Å². The molecule has 0 radical (unpaired) electrons. The van der Waals surface area contributed by atoms with Gasteiger partial charge in [0.1, 0.15) is 5.82 Å².